The Kier molecular flexibility index (Phi) is 6.00. The van der Waals surface area contributed by atoms with Gasteiger partial charge in [0.25, 0.3) is 0 Å². The summed E-state index contributed by atoms with van der Waals surface area (Å²) in [7, 11) is 0. The monoisotopic (exact) mass is 410 g/mol. The number of hydrogen-bond donors (Lipinski definition) is 0. The lowest BCUT2D eigenvalue weighted by molar-refractivity contribution is 0.0515. The van der Waals surface area contributed by atoms with Gasteiger partial charge < -0.3 is 14.0 Å². The van der Waals surface area contributed by atoms with Crippen molar-refractivity contribution >= 4 is 16.9 Å². The van der Waals surface area contributed by atoms with Gasteiger partial charge in [-0.3, -0.25) is 0 Å². The van der Waals surface area contributed by atoms with Crippen LogP contribution in [0, 0.1) is 11.3 Å². The smallest absolute Gasteiger partial charge is 0.354 e. The van der Waals surface area contributed by atoms with Gasteiger partial charge in [0, 0.05) is 11.9 Å². The van der Waals surface area contributed by atoms with Crippen LogP contribution in [0.1, 0.15) is 34.1 Å². The molecule has 0 aliphatic carbocycles. The van der Waals surface area contributed by atoms with Crippen LogP contribution in [0.5, 0.6) is 5.75 Å². The fourth-order valence-electron chi connectivity index (χ4n) is 3.58. The minimum Gasteiger partial charge on any atom is -0.488 e. The minimum atomic E-state index is -0.385. The maximum Gasteiger partial charge on any atom is 0.354 e. The van der Waals surface area contributed by atoms with Crippen LogP contribution in [0.2, 0.25) is 0 Å². The van der Waals surface area contributed by atoms with Gasteiger partial charge in [0.1, 0.15) is 18.1 Å². The molecule has 5 nitrogen and oxygen atoms in total. The molecule has 4 rings (SSSR count). The molecule has 0 radical (unpaired) electrons. The molecule has 0 aliphatic rings. The van der Waals surface area contributed by atoms with Crippen molar-refractivity contribution in [3.63, 3.8) is 0 Å². The lowest BCUT2D eigenvalue weighted by Crippen LogP contribution is -2.13. The van der Waals surface area contributed by atoms with E-state index in [1.807, 2.05) is 77.4 Å². The van der Waals surface area contributed by atoms with Gasteiger partial charge in [-0.2, -0.15) is 5.26 Å². The second-order valence-corrected chi connectivity index (χ2v) is 7.11. The van der Waals surface area contributed by atoms with Gasteiger partial charge in [-0.05, 0) is 48.4 Å². The number of fused-ring (bicyclic) bond motifs is 1. The summed E-state index contributed by atoms with van der Waals surface area (Å²) in [6, 6.07) is 27.1. The van der Waals surface area contributed by atoms with Crippen molar-refractivity contribution in [1.82, 2.24) is 4.57 Å². The molecule has 4 aromatic rings. The summed E-state index contributed by atoms with van der Waals surface area (Å²) >= 11 is 0. The Hall–Kier alpha value is -4.04. The second-order valence-electron chi connectivity index (χ2n) is 7.11. The van der Waals surface area contributed by atoms with Crippen molar-refractivity contribution in [2.45, 2.75) is 20.1 Å². The number of ether oxygens (including phenoxy) is 2. The van der Waals surface area contributed by atoms with E-state index in [2.05, 4.69) is 6.07 Å². The lowest BCUT2D eigenvalue weighted by Gasteiger charge is -2.11. The zero-order chi connectivity index (χ0) is 21.6. The molecule has 31 heavy (non-hydrogen) atoms. The maximum absolute atomic E-state index is 12.7. The standard InChI is InChI=1S/C26H22N2O3/c1-2-30-26(29)24-15-22-23(28(24)17-21-11-6-10-20(14-21)16-27)12-7-13-25(22)31-18-19-8-4-3-5-9-19/h3-15H,2,17-18H2,1H3. The van der Waals surface area contributed by atoms with Crippen LogP contribution < -0.4 is 4.74 Å². The molecule has 3 aromatic carbocycles. The first-order valence-corrected chi connectivity index (χ1v) is 10.1. The van der Waals surface area contributed by atoms with E-state index in [9.17, 15) is 10.1 Å². The van der Waals surface area contributed by atoms with Crippen molar-refractivity contribution in [2.24, 2.45) is 0 Å². The maximum atomic E-state index is 12.7. The van der Waals surface area contributed by atoms with Crippen molar-refractivity contribution in [3.05, 3.63) is 101 Å². The highest BCUT2D eigenvalue weighted by Crippen LogP contribution is 2.31. The zero-order valence-electron chi connectivity index (χ0n) is 17.2. The Bertz CT molecular complexity index is 1250. The summed E-state index contributed by atoms with van der Waals surface area (Å²) in [5.41, 5.74) is 3.90. The number of carbonyl (C=O) groups is 1. The van der Waals surface area contributed by atoms with Crippen molar-refractivity contribution in [1.29, 1.82) is 5.26 Å². The minimum absolute atomic E-state index is 0.293. The van der Waals surface area contributed by atoms with Crippen LogP contribution in [0.3, 0.4) is 0 Å². The van der Waals surface area contributed by atoms with E-state index < -0.39 is 0 Å². The van der Waals surface area contributed by atoms with Gasteiger partial charge in [-0.1, -0.05) is 48.5 Å². The molecule has 0 fully saturated rings. The average molecular weight is 410 g/mol. The average Bonchev–Trinajstić information content (AvgIpc) is 3.18. The van der Waals surface area contributed by atoms with Gasteiger partial charge in [-0.15, -0.1) is 0 Å². The Morgan fingerprint density at radius 2 is 1.74 bits per heavy atom. The van der Waals surface area contributed by atoms with Gasteiger partial charge in [0.15, 0.2) is 0 Å². The van der Waals surface area contributed by atoms with E-state index in [-0.39, 0.29) is 5.97 Å². The normalized spacial score (nSPS) is 10.6. The van der Waals surface area contributed by atoms with E-state index in [1.54, 1.807) is 13.0 Å². The van der Waals surface area contributed by atoms with E-state index in [0.29, 0.717) is 36.8 Å². The third-order valence-electron chi connectivity index (χ3n) is 5.02. The molecule has 0 amide bonds. The summed E-state index contributed by atoms with van der Waals surface area (Å²) in [5, 5.41) is 10.1. The quantitative estimate of drug-likeness (QED) is 0.387. The molecule has 1 aromatic heterocycles. The summed E-state index contributed by atoms with van der Waals surface area (Å²) in [6.07, 6.45) is 0. The number of nitrogens with zero attached hydrogens (tertiary/aromatic N) is 2. The third kappa shape index (κ3) is 4.44. The Morgan fingerprint density at radius 3 is 2.52 bits per heavy atom. The molecular formula is C26H22N2O3. The number of rotatable bonds is 7. The number of esters is 1. The summed E-state index contributed by atoms with van der Waals surface area (Å²) < 4.78 is 13.3. The zero-order valence-corrected chi connectivity index (χ0v) is 17.2. The van der Waals surface area contributed by atoms with Crippen molar-refractivity contribution < 1.29 is 14.3 Å². The highest BCUT2D eigenvalue weighted by atomic mass is 16.5. The molecule has 0 N–H and O–H groups in total. The van der Waals surface area contributed by atoms with Crippen LogP contribution in [-0.4, -0.2) is 17.1 Å². The number of carbonyl (C=O) groups excluding carboxylic acids is 1. The Morgan fingerprint density at radius 1 is 0.968 bits per heavy atom. The molecule has 0 saturated heterocycles. The molecule has 0 atom stereocenters. The fourth-order valence-corrected chi connectivity index (χ4v) is 3.58. The second kappa shape index (κ2) is 9.19. The first-order valence-electron chi connectivity index (χ1n) is 10.1. The van der Waals surface area contributed by atoms with Crippen LogP contribution in [0.15, 0.2) is 78.9 Å². The highest BCUT2D eigenvalue weighted by molar-refractivity contribution is 5.98. The molecule has 0 spiro atoms. The van der Waals surface area contributed by atoms with E-state index in [0.717, 1.165) is 22.0 Å². The highest BCUT2D eigenvalue weighted by Gasteiger charge is 2.19. The molecule has 5 heteroatoms. The van der Waals surface area contributed by atoms with Gasteiger partial charge in [-0.25, -0.2) is 4.79 Å². The van der Waals surface area contributed by atoms with E-state index >= 15 is 0 Å². The van der Waals surface area contributed by atoms with Crippen molar-refractivity contribution in [2.75, 3.05) is 6.61 Å². The predicted octanol–water partition coefficient (Wildman–Crippen LogP) is 5.32. The van der Waals surface area contributed by atoms with Crippen LogP contribution in [-0.2, 0) is 17.9 Å². The number of benzene rings is 3. The molecule has 154 valence electrons. The lowest BCUT2D eigenvalue weighted by atomic mass is 10.1. The summed E-state index contributed by atoms with van der Waals surface area (Å²) in [5.74, 6) is 0.320. The summed E-state index contributed by atoms with van der Waals surface area (Å²) in [6.45, 7) is 2.96. The molecule has 1 heterocycles. The summed E-state index contributed by atoms with van der Waals surface area (Å²) in [4.78, 5) is 12.7. The molecule has 0 aliphatic heterocycles. The van der Waals surface area contributed by atoms with Crippen LogP contribution in [0.25, 0.3) is 10.9 Å². The van der Waals surface area contributed by atoms with Gasteiger partial charge in [0.2, 0.25) is 0 Å². The van der Waals surface area contributed by atoms with Crippen LogP contribution in [0.4, 0.5) is 0 Å². The molecule has 0 saturated carbocycles. The van der Waals surface area contributed by atoms with Gasteiger partial charge in [0.05, 0.1) is 23.8 Å². The third-order valence-corrected chi connectivity index (χ3v) is 5.02. The molecule has 0 bridgehead atoms. The first kappa shape index (κ1) is 20.2. The van der Waals surface area contributed by atoms with Crippen LogP contribution >= 0.6 is 0 Å². The fraction of sp³-hybridized carbons (Fsp3) is 0.154. The number of hydrogen-bond acceptors (Lipinski definition) is 4. The number of nitriles is 1. The Labute approximate surface area is 181 Å². The predicted molar refractivity (Wildman–Crippen MR) is 119 cm³/mol. The van der Waals surface area contributed by atoms with E-state index in [1.165, 1.54) is 0 Å². The molecular weight excluding hydrogens is 388 g/mol. The van der Waals surface area contributed by atoms with Crippen molar-refractivity contribution in [3.8, 4) is 11.8 Å². The largest absolute Gasteiger partial charge is 0.488 e. The Balaban J connectivity index is 1.74. The topological polar surface area (TPSA) is 64.2 Å². The number of aromatic nitrogens is 1. The molecule has 0 unspecified atom stereocenters. The van der Waals surface area contributed by atoms with E-state index in [4.69, 9.17) is 9.47 Å². The SMILES string of the molecule is CCOC(=O)c1cc2c(OCc3ccccc3)cccc2n1Cc1cccc(C#N)c1. The first-order chi connectivity index (χ1) is 15.2. The van der Waals surface area contributed by atoms with Gasteiger partial charge >= 0.3 is 5.97 Å².